The lowest BCUT2D eigenvalue weighted by Crippen LogP contribution is -2.36. The molecule has 7 nitrogen and oxygen atoms in total. The normalized spacial score (nSPS) is 10.6. The van der Waals surface area contributed by atoms with Gasteiger partial charge in [-0.15, -0.1) is 0 Å². The minimum Gasteiger partial charge on any atom is -0.483 e. The number of fused-ring (bicyclic) bond motifs is 1. The predicted molar refractivity (Wildman–Crippen MR) is 103 cm³/mol. The van der Waals surface area contributed by atoms with E-state index in [2.05, 4.69) is 20.6 Å². The molecule has 0 unspecified atom stereocenters. The number of hydrogen-bond donors (Lipinski definition) is 3. The predicted octanol–water partition coefficient (Wildman–Crippen LogP) is 2.10. The molecule has 0 fully saturated rings. The molecule has 0 saturated carbocycles. The summed E-state index contributed by atoms with van der Waals surface area (Å²) in [7, 11) is 0. The van der Waals surface area contributed by atoms with Crippen LogP contribution in [0.3, 0.4) is 0 Å². The monoisotopic (exact) mass is 366 g/mol. The Labute approximate surface area is 157 Å². The number of H-pyrrole nitrogens is 1. The van der Waals surface area contributed by atoms with E-state index in [-0.39, 0.29) is 18.4 Å². The number of nitrogens with zero attached hydrogens (tertiary/aromatic N) is 1. The van der Waals surface area contributed by atoms with Gasteiger partial charge in [-0.25, -0.2) is 4.98 Å². The zero-order chi connectivity index (χ0) is 19.2. The second-order valence-electron chi connectivity index (χ2n) is 6.23. The van der Waals surface area contributed by atoms with E-state index in [4.69, 9.17) is 4.74 Å². The van der Waals surface area contributed by atoms with Gasteiger partial charge in [0.05, 0.1) is 17.4 Å². The van der Waals surface area contributed by atoms with Crippen LogP contribution in [-0.2, 0) is 4.79 Å². The maximum atomic E-state index is 12.2. The van der Waals surface area contributed by atoms with Crippen molar-refractivity contribution in [3.8, 4) is 5.75 Å². The molecular weight excluding hydrogens is 344 g/mol. The minimum absolute atomic E-state index is 0.0608. The molecule has 2 amide bonds. The Morgan fingerprint density at radius 3 is 2.78 bits per heavy atom. The zero-order valence-corrected chi connectivity index (χ0v) is 15.3. The second kappa shape index (κ2) is 8.35. The lowest BCUT2D eigenvalue weighted by Gasteiger charge is -2.11. The molecule has 3 rings (SSSR count). The van der Waals surface area contributed by atoms with Crippen molar-refractivity contribution in [3.63, 3.8) is 0 Å². The molecule has 140 valence electrons. The highest BCUT2D eigenvalue weighted by Gasteiger charge is 2.08. The number of rotatable bonds is 7. The van der Waals surface area contributed by atoms with E-state index in [0.717, 1.165) is 22.2 Å². The first-order valence-corrected chi connectivity index (χ1v) is 8.71. The van der Waals surface area contributed by atoms with Crippen molar-refractivity contribution < 1.29 is 14.3 Å². The van der Waals surface area contributed by atoms with Crippen molar-refractivity contribution in [2.24, 2.45) is 0 Å². The van der Waals surface area contributed by atoms with Gasteiger partial charge in [0.2, 0.25) is 0 Å². The van der Waals surface area contributed by atoms with Crippen LogP contribution in [0.25, 0.3) is 11.0 Å². The summed E-state index contributed by atoms with van der Waals surface area (Å²) in [6.07, 6.45) is 1.59. The SMILES string of the molecule is Cc1cccc(OCC(=O)NCCNC(=O)c2ccc3nc[nH]c3c2)c1C. The fourth-order valence-electron chi connectivity index (χ4n) is 2.63. The Morgan fingerprint density at radius 2 is 1.93 bits per heavy atom. The van der Waals surface area contributed by atoms with Crippen molar-refractivity contribution in [2.75, 3.05) is 19.7 Å². The molecule has 0 radical (unpaired) electrons. The summed E-state index contributed by atoms with van der Waals surface area (Å²) in [5.41, 5.74) is 4.29. The number of aromatic amines is 1. The Kier molecular flexibility index (Phi) is 5.71. The number of nitrogens with one attached hydrogen (secondary N) is 3. The van der Waals surface area contributed by atoms with Gasteiger partial charge >= 0.3 is 0 Å². The Hall–Kier alpha value is -3.35. The number of carbonyl (C=O) groups excluding carboxylic acids is 2. The molecule has 27 heavy (non-hydrogen) atoms. The van der Waals surface area contributed by atoms with Crippen LogP contribution < -0.4 is 15.4 Å². The van der Waals surface area contributed by atoms with Gasteiger partial charge in [-0.05, 0) is 49.2 Å². The maximum absolute atomic E-state index is 12.2. The molecule has 3 N–H and O–H groups in total. The number of aryl methyl sites for hydroxylation is 1. The number of benzene rings is 2. The minimum atomic E-state index is -0.232. The number of amides is 2. The van der Waals surface area contributed by atoms with Crippen LogP contribution in [0.4, 0.5) is 0 Å². The topological polar surface area (TPSA) is 96.1 Å². The van der Waals surface area contributed by atoms with Gasteiger partial charge in [-0.1, -0.05) is 12.1 Å². The largest absolute Gasteiger partial charge is 0.483 e. The van der Waals surface area contributed by atoms with Crippen molar-refractivity contribution in [2.45, 2.75) is 13.8 Å². The van der Waals surface area contributed by atoms with Gasteiger partial charge in [0.15, 0.2) is 6.61 Å². The van der Waals surface area contributed by atoms with Crippen LogP contribution in [0.15, 0.2) is 42.7 Å². The Balaban J connectivity index is 1.39. The molecule has 1 heterocycles. The summed E-state index contributed by atoms with van der Waals surface area (Å²) in [6, 6.07) is 11.0. The van der Waals surface area contributed by atoms with Gasteiger partial charge in [0.25, 0.3) is 11.8 Å². The summed E-state index contributed by atoms with van der Waals surface area (Å²) in [5.74, 6) is 0.268. The standard InChI is InChI=1S/C20H22N4O3/c1-13-4-3-5-18(14(13)2)27-11-19(25)21-8-9-22-20(26)15-6-7-16-17(10-15)24-12-23-16/h3-7,10,12H,8-9,11H2,1-2H3,(H,21,25)(H,22,26)(H,23,24). The average Bonchev–Trinajstić information content (AvgIpc) is 3.14. The van der Waals surface area contributed by atoms with Gasteiger partial charge in [0.1, 0.15) is 5.75 Å². The van der Waals surface area contributed by atoms with E-state index in [9.17, 15) is 9.59 Å². The smallest absolute Gasteiger partial charge is 0.258 e. The third kappa shape index (κ3) is 4.63. The van der Waals surface area contributed by atoms with Crippen molar-refractivity contribution >= 4 is 22.8 Å². The summed E-state index contributed by atoms with van der Waals surface area (Å²) in [6.45, 7) is 4.55. The van der Waals surface area contributed by atoms with Crippen LogP contribution >= 0.6 is 0 Å². The molecule has 0 bridgehead atoms. The molecule has 3 aromatic rings. The average molecular weight is 366 g/mol. The van der Waals surface area contributed by atoms with E-state index in [1.807, 2.05) is 32.0 Å². The van der Waals surface area contributed by atoms with Crippen molar-refractivity contribution in [1.29, 1.82) is 0 Å². The number of hydrogen-bond acceptors (Lipinski definition) is 4. The molecule has 1 aromatic heterocycles. The number of aromatic nitrogens is 2. The summed E-state index contributed by atoms with van der Waals surface area (Å²) in [4.78, 5) is 31.1. The highest BCUT2D eigenvalue weighted by atomic mass is 16.5. The lowest BCUT2D eigenvalue weighted by atomic mass is 10.1. The Morgan fingerprint density at radius 1 is 1.11 bits per heavy atom. The van der Waals surface area contributed by atoms with Gasteiger partial charge < -0.3 is 20.4 Å². The third-order valence-electron chi connectivity index (χ3n) is 4.33. The zero-order valence-electron chi connectivity index (χ0n) is 15.3. The molecule has 0 spiro atoms. The number of carbonyl (C=O) groups is 2. The molecule has 0 atom stereocenters. The molecule has 7 heteroatoms. The summed E-state index contributed by atoms with van der Waals surface area (Å²) < 4.78 is 5.55. The molecular formula is C20H22N4O3. The van der Waals surface area contributed by atoms with Crippen molar-refractivity contribution in [1.82, 2.24) is 20.6 Å². The quantitative estimate of drug-likeness (QED) is 0.558. The van der Waals surface area contributed by atoms with Crippen LogP contribution in [-0.4, -0.2) is 41.5 Å². The van der Waals surface area contributed by atoms with Gasteiger partial charge in [-0.3, -0.25) is 9.59 Å². The van der Waals surface area contributed by atoms with Crippen LogP contribution in [0.2, 0.25) is 0 Å². The van der Waals surface area contributed by atoms with Crippen LogP contribution in [0.1, 0.15) is 21.5 Å². The van der Waals surface area contributed by atoms with E-state index < -0.39 is 0 Å². The number of imidazole rings is 1. The van der Waals surface area contributed by atoms with Crippen LogP contribution in [0, 0.1) is 13.8 Å². The molecule has 0 saturated heterocycles. The van der Waals surface area contributed by atoms with E-state index in [0.29, 0.717) is 24.4 Å². The van der Waals surface area contributed by atoms with Gasteiger partial charge in [-0.2, -0.15) is 0 Å². The highest BCUT2D eigenvalue weighted by Crippen LogP contribution is 2.20. The Bertz CT molecular complexity index is 965. The van der Waals surface area contributed by atoms with Crippen LogP contribution in [0.5, 0.6) is 5.75 Å². The summed E-state index contributed by atoms with van der Waals surface area (Å²) in [5, 5.41) is 5.50. The fourth-order valence-corrected chi connectivity index (χ4v) is 2.63. The lowest BCUT2D eigenvalue weighted by molar-refractivity contribution is -0.123. The van der Waals surface area contributed by atoms with Gasteiger partial charge in [0, 0.05) is 18.7 Å². The third-order valence-corrected chi connectivity index (χ3v) is 4.33. The second-order valence-corrected chi connectivity index (χ2v) is 6.23. The molecule has 0 aliphatic heterocycles. The summed E-state index contributed by atoms with van der Waals surface area (Å²) >= 11 is 0. The van der Waals surface area contributed by atoms with E-state index >= 15 is 0 Å². The first-order chi connectivity index (χ1) is 13.0. The first-order valence-electron chi connectivity index (χ1n) is 8.71. The molecule has 2 aromatic carbocycles. The molecule has 0 aliphatic rings. The molecule has 0 aliphatic carbocycles. The van der Waals surface area contributed by atoms with E-state index in [1.165, 1.54) is 0 Å². The number of ether oxygens (including phenoxy) is 1. The van der Waals surface area contributed by atoms with Crippen molar-refractivity contribution in [3.05, 3.63) is 59.4 Å². The highest BCUT2D eigenvalue weighted by molar-refractivity contribution is 5.97. The van der Waals surface area contributed by atoms with E-state index in [1.54, 1.807) is 24.5 Å². The first kappa shape index (κ1) is 18.4. The maximum Gasteiger partial charge on any atom is 0.258 e. The fraction of sp³-hybridized carbons (Fsp3) is 0.250.